The lowest BCUT2D eigenvalue weighted by molar-refractivity contribution is 0.0951. The molecule has 1 aliphatic rings. The zero-order valence-electron chi connectivity index (χ0n) is 17.9. The molecule has 1 aliphatic carbocycles. The summed E-state index contributed by atoms with van der Waals surface area (Å²) in [7, 11) is -3.81. The number of nitrogens with one attached hydrogen (secondary N) is 1. The molecule has 1 N–H and O–H groups in total. The Bertz CT molecular complexity index is 1230. The molecule has 0 unspecified atom stereocenters. The molecule has 3 aromatic carbocycles. The fourth-order valence-corrected chi connectivity index (χ4v) is 5.20. The van der Waals surface area contributed by atoms with Gasteiger partial charge in [-0.25, -0.2) is 8.42 Å². The van der Waals surface area contributed by atoms with Gasteiger partial charge in [0.1, 0.15) is 0 Å². The quantitative estimate of drug-likeness (QED) is 0.418. The lowest BCUT2D eigenvalue weighted by atomic mass is 10.1. The van der Waals surface area contributed by atoms with Gasteiger partial charge in [-0.1, -0.05) is 47.5 Å². The highest BCUT2D eigenvalue weighted by Crippen LogP contribution is 2.28. The first-order valence-electron chi connectivity index (χ1n) is 10.7. The summed E-state index contributed by atoms with van der Waals surface area (Å²) >= 11 is 12.1. The van der Waals surface area contributed by atoms with Crippen LogP contribution in [0, 0.1) is 5.92 Å². The van der Waals surface area contributed by atoms with E-state index in [2.05, 4.69) is 5.32 Å². The van der Waals surface area contributed by atoms with Crippen molar-refractivity contribution in [1.82, 2.24) is 9.62 Å². The summed E-state index contributed by atoms with van der Waals surface area (Å²) < 4.78 is 28.3. The van der Waals surface area contributed by atoms with Crippen molar-refractivity contribution in [3.63, 3.8) is 0 Å². The minimum Gasteiger partial charge on any atom is -0.352 e. The predicted octanol–water partition coefficient (Wildman–Crippen LogP) is 5.52. The Morgan fingerprint density at radius 2 is 1.55 bits per heavy atom. The van der Waals surface area contributed by atoms with E-state index in [9.17, 15) is 13.2 Å². The number of halogens is 2. The Morgan fingerprint density at radius 1 is 0.879 bits per heavy atom. The van der Waals surface area contributed by atoms with E-state index < -0.39 is 10.0 Å². The van der Waals surface area contributed by atoms with E-state index in [0.29, 0.717) is 28.1 Å². The molecule has 5 nitrogen and oxygen atoms in total. The first kappa shape index (κ1) is 23.8. The van der Waals surface area contributed by atoms with Gasteiger partial charge in [-0.15, -0.1) is 0 Å². The number of sulfonamides is 1. The number of hydrogen-bond donors (Lipinski definition) is 1. The van der Waals surface area contributed by atoms with Crippen LogP contribution >= 0.6 is 23.2 Å². The van der Waals surface area contributed by atoms with Crippen molar-refractivity contribution in [2.75, 3.05) is 6.54 Å². The van der Waals surface area contributed by atoms with E-state index >= 15 is 0 Å². The molecular formula is C25H24Cl2N2O3S. The van der Waals surface area contributed by atoms with Gasteiger partial charge < -0.3 is 5.32 Å². The molecule has 0 aromatic heterocycles. The predicted molar refractivity (Wildman–Crippen MR) is 131 cm³/mol. The molecule has 1 saturated carbocycles. The molecule has 33 heavy (non-hydrogen) atoms. The molecule has 1 fully saturated rings. The van der Waals surface area contributed by atoms with Crippen molar-refractivity contribution in [3.05, 3.63) is 99.5 Å². The Balaban J connectivity index is 1.56. The molecule has 3 aromatic rings. The molecule has 0 aliphatic heterocycles. The molecule has 0 spiro atoms. The summed E-state index contributed by atoms with van der Waals surface area (Å²) in [6, 6.07) is 20.3. The fraction of sp³-hybridized carbons (Fsp3) is 0.240. The van der Waals surface area contributed by atoms with E-state index in [1.165, 1.54) is 29.3 Å². The van der Waals surface area contributed by atoms with Crippen LogP contribution in [0.3, 0.4) is 0 Å². The second-order valence-electron chi connectivity index (χ2n) is 8.21. The topological polar surface area (TPSA) is 66.5 Å². The number of rotatable bonds is 9. The maximum absolute atomic E-state index is 13.5. The van der Waals surface area contributed by atoms with Crippen LogP contribution in [0.1, 0.15) is 34.3 Å². The normalized spacial score (nSPS) is 13.8. The molecule has 4 rings (SSSR count). The summed E-state index contributed by atoms with van der Waals surface area (Å²) in [4.78, 5) is 12.5. The minimum absolute atomic E-state index is 0.113. The summed E-state index contributed by atoms with van der Waals surface area (Å²) in [5.74, 6) is 0.490. The average molecular weight is 503 g/mol. The van der Waals surface area contributed by atoms with Crippen LogP contribution in [0.4, 0.5) is 0 Å². The maximum Gasteiger partial charge on any atom is 0.251 e. The average Bonchev–Trinajstić information content (AvgIpc) is 3.62. The largest absolute Gasteiger partial charge is 0.352 e. The molecule has 0 heterocycles. The number of benzene rings is 3. The van der Waals surface area contributed by atoms with Crippen LogP contribution in [-0.2, 0) is 23.1 Å². The van der Waals surface area contributed by atoms with Crippen LogP contribution < -0.4 is 5.32 Å². The van der Waals surface area contributed by atoms with E-state index in [-0.39, 0.29) is 23.9 Å². The highest BCUT2D eigenvalue weighted by Gasteiger charge is 2.25. The van der Waals surface area contributed by atoms with Gasteiger partial charge in [0.2, 0.25) is 10.0 Å². The Labute approximate surface area is 204 Å². The van der Waals surface area contributed by atoms with Crippen molar-refractivity contribution in [2.24, 2.45) is 5.92 Å². The van der Waals surface area contributed by atoms with E-state index in [1.807, 2.05) is 6.07 Å². The summed E-state index contributed by atoms with van der Waals surface area (Å²) in [6.07, 6.45) is 2.34. The van der Waals surface area contributed by atoms with Crippen LogP contribution in [0.2, 0.25) is 10.0 Å². The Hall–Kier alpha value is -2.38. The van der Waals surface area contributed by atoms with Crippen molar-refractivity contribution in [2.45, 2.75) is 30.8 Å². The fourth-order valence-electron chi connectivity index (χ4n) is 3.45. The monoisotopic (exact) mass is 502 g/mol. The SMILES string of the molecule is O=C(NCC1CC1)c1ccc(CN(Cc2cccc(Cl)c2)S(=O)(=O)c2ccc(Cl)cc2)cc1. The van der Waals surface area contributed by atoms with Gasteiger partial charge in [0.05, 0.1) is 4.90 Å². The number of hydrogen-bond acceptors (Lipinski definition) is 3. The molecule has 1 amide bonds. The van der Waals surface area contributed by atoms with Crippen molar-refractivity contribution < 1.29 is 13.2 Å². The maximum atomic E-state index is 13.5. The zero-order chi connectivity index (χ0) is 23.4. The molecule has 0 atom stereocenters. The zero-order valence-corrected chi connectivity index (χ0v) is 20.2. The number of amides is 1. The summed E-state index contributed by atoms with van der Waals surface area (Å²) in [6.45, 7) is 0.990. The molecule has 0 radical (unpaired) electrons. The minimum atomic E-state index is -3.81. The highest BCUT2D eigenvalue weighted by molar-refractivity contribution is 7.89. The number of carbonyl (C=O) groups is 1. The van der Waals surface area contributed by atoms with Crippen molar-refractivity contribution in [1.29, 1.82) is 0 Å². The van der Waals surface area contributed by atoms with Gasteiger partial charge in [0, 0.05) is 35.2 Å². The van der Waals surface area contributed by atoms with Gasteiger partial charge in [-0.2, -0.15) is 4.31 Å². The standard InChI is InChI=1S/C25H24Cl2N2O3S/c26-22-10-12-24(13-11-22)33(31,32)29(17-20-2-1-3-23(27)14-20)16-19-6-8-21(9-7-19)25(30)28-15-18-4-5-18/h1-3,6-14,18H,4-5,15-17H2,(H,28,30). The third kappa shape index (κ3) is 6.36. The second kappa shape index (κ2) is 10.3. The molecular weight excluding hydrogens is 479 g/mol. The number of nitrogens with zero attached hydrogens (tertiary/aromatic N) is 1. The summed E-state index contributed by atoms with van der Waals surface area (Å²) in [5.41, 5.74) is 2.10. The first-order chi connectivity index (χ1) is 15.8. The van der Waals surface area contributed by atoms with Crippen LogP contribution in [0.5, 0.6) is 0 Å². The van der Waals surface area contributed by atoms with Crippen molar-refractivity contribution in [3.8, 4) is 0 Å². The lowest BCUT2D eigenvalue weighted by Crippen LogP contribution is -2.30. The Morgan fingerprint density at radius 3 is 2.18 bits per heavy atom. The van der Waals surface area contributed by atoms with Crippen LogP contribution in [-0.4, -0.2) is 25.2 Å². The first-order valence-corrected chi connectivity index (χ1v) is 12.9. The smallest absolute Gasteiger partial charge is 0.251 e. The van der Waals surface area contributed by atoms with E-state index in [1.54, 1.807) is 54.6 Å². The van der Waals surface area contributed by atoms with Gasteiger partial charge in [-0.3, -0.25) is 4.79 Å². The van der Waals surface area contributed by atoms with E-state index in [0.717, 1.165) is 11.1 Å². The van der Waals surface area contributed by atoms with Gasteiger partial charge >= 0.3 is 0 Å². The lowest BCUT2D eigenvalue weighted by Gasteiger charge is -2.23. The van der Waals surface area contributed by atoms with Crippen LogP contribution in [0.15, 0.2) is 77.7 Å². The molecule has 8 heteroatoms. The van der Waals surface area contributed by atoms with E-state index in [4.69, 9.17) is 23.2 Å². The third-order valence-electron chi connectivity index (χ3n) is 5.52. The summed E-state index contributed by atoms with van der Waals surface area (Å²) in [5, 5.41) is 3.94. The molecule has 0 bridgehead atoms. The van der Waals surface area contributed by atoms with Gasteiger partial charge in [0.15, 0.2) is 0 Å². The Kier molecular flexibility index (Phi) is 7.39. The van der Waals surface area contributed by atoms with Crippen LogP contribution in [0.25, 0.3) is 0 Å². The number of carbonyl (C=O) groups excluding carboxylic acids is 1. The second-order valence-corrected chi connectivity index (χ2v) is 11.0. The molecule has 172 valence electrons. The van der Waals surface area contributed by atoms with Crippen molar-refractivity contribution >= 4 is 39.1 Å². The molecule has 0 saturated heterocycles. The highest BCUT2D eigenvalue weighted by atomic mass is 35.5. The van der Waals surface area contributed by atoms with Gasteiger partial charge in [-0.05, 0) is 78.4 Å². The third-order valence-corrected chi connectivity index (χ3v) is 7.82. The van der Waals surface area contributed by atoms with Gasteiger partial charge in [0.25, 0.3) is 5.91 Å².